The molecule has 2 N–H and O–H groups in total. The van der Waals surface area contributed by atoms with Crippen LogP contribution in [0.5, 0.6) is 0 Å². The number of hydrogen-bond donors (Lipinski definition) is 2. The minimum atomic E-state index is -0.304. The summed E-state index contributed by atoms with van der Waals surface area (Å²) in [4.78, 5) is 25.7. The molecule has 1 aliphatic heterocycles. The summed E-state index contributed by atoms with van der Waals surface area (Å²) < 4.78 is 0. The first kappa shape index (κ1) is 10.4. The van der Waals surface area contributed by atoms with Crippen molar-refractivity contribution in [3.63, 3.8) is 0 Å². The maximum Gasteiger partial charge on any atom is 0.286 e. The predicted octanol–water partition coefficient (Wildman–Crippen LogP) is 2.06. The van der Waals surface area contributed by atoms with E-state index in [4.69, 9.17) is 0 Å². The van der Waals surface area contributed by atoms with E-state index in [2.05, 4.69) is 10.3 Å². The summed E-state index contributed by atoms with van der Waals surface area (Å²) >= 11 is 1.07. The van der Waals surface area contributed by atoms with Crippen molar-refractivity contribution in [3.8, 4) is 0 Å². The van der Waals surface area contributed by atoms with Gasteiger partial charge in [-0.2, -0.15) is 0 Å². The minimum absolute atomic E-state index is 0.190. The Morgan fingerprint density at radius 2 is 2.06 bits per heavy atom. The van der Waals surface area contributed by atoms with Gasteiger partial charge in [-0.25, -0.2) is 0 Å². The van der Waals surface area contributed by atoms with E-state index >= 15 is 0 Å². The highest BCUT2D eigenvalue weighted by Gasteiger charge is 2.31. The number of fused-ring (bicyclic) bond motifs is 1. The van der Waals surface area contributed by atoms with Gasteiger partial charge in [0.25, 0.3) is 5.24 Å². The number of carbonyl (C=O) groups is 2. The molecular formula is C12H10N2O2S. The van der Waals surface area contributed by atoms with Crippen molar-refractivity contribution in [1.29, 1.82) is 0 Å². The van der Waals surface area contributed by atoms with E-state index in [9.17, 15) is 9.59 Å². The lowest BCUT2D eigenvalue weighted by atomic mass is 10.1. The molecular weight excluding hydrogens is 236 g/mol. The van der Waals surface area contributed by atoms with E-state index in [1.807, 2.05) is 30.5 Å². The van der Waals surface area contributed by atoms with Gasteiger partial charge in [0.05, 0.1) is 5.25 Å². The Labute approximate surface area is 102 Å². The third kappa shape index (κ3) is 1.82. The topological polar surface area (TPSA) is 62.0 Å². The molecule has 0 bridgehead atoms. The molecule has 0 saturated carbocycles. The second-order valence-electron chi connectivity index (χ2n) is 3.95. The zero-order valence-electron chi connectivity index (χ0n) is 8.90. The third-order valence-electron chi connectivity index (χ3n) is 2.85. The molecule has 5 heteroatoms. The van der Waals surface area contributed by atoms with Crippen LogP contribution in [-0.4, -0.2) is 21.4 Å². The fraction of sp³-hybridized carbons (Fsp3) is 0.167. The minimum Gasteiger partial charge on any atom is -0.361 e. The number of rotatable bonds is 2. The molecule has 1 aromatic carbocycles. The molecule has 2 heterocycles. The van der Waals surface area contributed by atoms with Crippen molar-refractivity contribution < 1.29 is 9.59 Å². The SMILES string of the molecule is O=C1NC(=O)C(Cc2c[nH]c3ccccc23)S1. The lowest BCUT2D eigenvalue weighted by Gasteiger charge is -2.03. The van der Waals surface area contributed by atoms with Crippen LogP contribution in [0.3, 0.4) is 0 Å². The molecule has 1 saturated heterocycles. The number of imide groups is 1. The fourth-order valence-corrected chi connectivity index (χ4v) is 2.87. The molecule has 0 radical (unpaired) electrons. The fourth-order valence-electron chi connectivity index (χ4n) is 2.03. The van der Waals surface area contributed by atoms with Gasteiger partial charge in [0.15, 0.2) is 0 Å². The number of nitrogens with one attached hydrogen (secondary N) is 2. The van der Waals surface area contributed by atoms with Crippen LogP contribution >= 0.6 is 11.8 Å². The largest absolute Gasteiger partial charge is 0.361 e. The van der Waals surface area contributed by atoms with E-state index in [-0.39, 0.29) is 16.4 Å². The van der Waals surface area contributed by atoms with Crippen molar-refractivity contribution in [3.05, 3.63) is 36.0 Å². The van der Waals surface area contributed by atoms with Crippen LogP contribution in [0.25, 0.3) is 10.9 Å². The van der Waals surface area contributed by atoms with Gasteiger partial charge in [-0.3, -0.25) is 14.9 Å². The van der Waals surface area contributed by atoms with Crippen molar-refractivity contribution in [2.24, 2.45) is 0 Å². The number of aromatic nitrogens is 1. The van der Waals surface area contributed by atoms with Crippen LogP contribution in [-0.2, 0) is 11.2 Å². The van der Waals surface area contributed by atoms with Gasteiger partial charge >= 0.3 is 0 Å². The van der Waals surface area contributed by atoms with Crippen molar-refractivity contribution >= 4 is 33.8 Å². The summed E-state index contributed by atoms with van der Waals surface area (Å²) in [5.74, 6) is -0.190. The molecule has 2 amide bonds. The lowest BCUT2D eigenvalue weighted by Crippen LogP contribution is -2.25. The first-order valence-electron chi connectivity index (χ1n) is 5.30. The summed E-state index contributed by atoms with van der Waals surface area (Å²) in [7, 11) is 0. The number of benzene rings is 1. The van der Waals surface area contributed by atoms with Crippen LogP contribution in [0.15, 0.2) is 30.5 Å². The molecule has 3 rings (SSSR count). The van der Waals surface area contributed by atoms with E-state index in [0.717, 1.165) is 28.2 Å². The smallest absolute Gasteiger partial charge is 0.286 e. The number of amides is 2. The van der Waals surface area contributed by atoms with Crippen LogP contribution in [0.1, 0.15) is 5.56 Å². The van der Waals surface area contributed by atoms with Gasteiger partial charge in [-0.1, -0.05) is 30.0 Å². The highest BCUT2D eigenvalue weighted by Crippen LogP contribution is 2.26. The van der Waals surface area contributed by atoms with E-state index in [1.54, 1.807) is 0 Å². The van der Waals surface area contributed by atoms with Gasteiger partial charge in [-0.05, 0) is 18.1 Å². The molecule has 1 atom stereocenters. The Kier molecular flexibility index (Phi) is 2.40. The van der Waals surface area contributed by atoms with Gasteiger partial charge in [0.1, 0.15) is 0 Å². The lowest BCUT2D eigenvalue weighted by molar-refractivity contribution is -0.118. The summed E-state index contributed by atoms with van der Waals surface area (Å²) in [6.07, 6.45) is 2.48. The van der Waals surface area contributed by atoms with Crippen LogP contribution in [0, 0.1) is 0 Å². The third-order valence-corrected chi connectivity index (χ3v) is 3.83. The number of H-pyrrole nitrogens is 1. The Morgan fingerprint density at radius 3 is 2.82 bits per heavy atom. The standard InChI is InChI=1S/C12H10N2O2S/c15-11-10(17-12(16)14-11)5-7-6-13-9-4-2-1-3-8(7)9/h1-4,6,10,13H,5H2,(H,14,15,16). The quantitative estimate of drug-likeness (QED) is 0.852. The summed E-state index contributed by atoms with van der Waals surface area (Å²) in [5.41, 5.74) is 2.13. The zero-order chi connectivity index (χ0) is 11.8. The average Bonchev–Trinajstić information content (AvgIpc) is 2.85. The predicted molar refractivity (Wildman–Crippen MR) is 66.9 cm³/mol. The molecule has 1 aromatic heterocycles. The van der Waals surface area contributed by atoms with Crippen LogP contribution in [0.2, 0.25) is 0 Å². The Bertz CT molecular complexity index is 605. The number of thioether (sulfide) groups is 1. The van der Waals surface area contributed by atoms with E-state index in [1.165, 1.54) is 0 Å². The maximum atomic E-state index is 11.5. The monoisotopic (exact) mass is 246 g/mol. The van der Waals surface area contributed by atoms with Gasteiger partial charge < -0.3 is 4.98 Å². The number of para-hydroxylation sites is 1. The first-order valence-corrected chi connectivity index (χ1v) is 6.18. The van der Waals surface area contributed by atoms with Gasteiger partial charge in [-0.15, -0.1) is 0 Å². The molecule has 1 fully saturated rings. The van der Waals surface area contributed by atoms with Gasteiger partial charge in [0.2, 0.25) is 5.91 Å². The van der Waals surface area contributed by atoms with Crippen LogP contribution < -0.4 is 5.32 Å². The Hall–Kier alpha value is -1.75. The maximum absolute atomic E-state index is 11.5. The molecule has 1 aliphatic rings. The normalized spacial score (nSPS) is 19.9. The van der Waals surface area contributed by atoms with Crippen molar-refractivity contribution in [1.82, 2.24) is 10.3 Å². The second kappa shape index (κ2) is 3.92. The molecule has 0 spiro atoms. The second-order valence-corrected chi connectivity index (χ2v) is 5.12. The van der Waals surface area contributed by atoms with Crippen molar-refractivity contribution in [2.45, 2.75) is 11.7 Å². The first-order chi connectivity index (χ1) is 8.24. The number of carbonyl (C=O) groups excluding carboxylic acids is 2. The molecule has 4 nitrogen and oxygen atoms in total. The summed E-state index contributed by atoms with van der Waals surface area (Å²) in [6.45, 7) is 0. The molecule has 17 heavy (non-hydrogen) atoms. The number of hydrogen-bond acceptors (Lipinski definition) is 3. The van der Waals surface area contributed by atoms with E-state index < -0.39 is 0 Å². The molecule has 2 aromatic rings. The van der Waals surface area contributed by atoms with Crippen LogP contribution in [0.4, 0.5) is 4.79 Å². The summed E-state index contributed by atoms with van der Waals surface area (Å²) in [5, 5.41) is 2.86. The molecule has 1 unspecified atom stereocenters. The molecule has 0 aliphatic carbocycles. The van der Waals surface area contributed by atoms with Gasteiger partial charge in [0, 0.05) is 17.1 Å². The highest BCUT2D eigenvalue weighted by molar-refractivity contribution is 8.15. The number of aromatic amines is 1. The highest BCUT2D eigenvalue weighted by atomic mass is 32.2. The van der Waals surface area contributed by atoms with E-state index in [0.29, 0.717) is 6.42 Å². The Balaban J connectivity index is 1.90. The molecule has 86 valence electrons. The Morgan fingerprint density at radius 1 is 1.24 bits per heavy atom. The summed E-state index contributed by atoms with van der Waals surface area (Å²) in [6, 6.07) is 7.93. The zero-order valence-corrected chi connectivity index (χ0v) is 9.71. The average molecular weight is 246 g/mol. The van der Waals surface area contributed by atoms with Crippen molar-refractivity contribution in [2.75, 3.05) is 0 Å².